The first kappa shape index (κ1) is 10.8. The Labute approximate surface area is 92.3 Å². The number of H-pyrrole nitrogens is 1. The molecule has 16 heavy (non-hydrogen) atoms. The molecule has 0 fully saturated rings. The zero-order valence-electron chi connectivity index (χ0n) is 8.63. The third-order valence-corrected chi connectivity index (χ3v) is 2.35. The molecule has 0 amide bonds. The fourth-order valence-electron chi connectivity index (χ4n) is 1.50. The van der Waals surface area contributed by atoms with E-state index >= 15 is 0 Å². The van der Waals surface area contributed by atoms with Crippen molar-refractivity contribution >= 4 is 0 Å². The molecule has 0 aliphatic heterocycles. The summed E-state index contributed by atoms with van der Waals surface area (Å²) in [6.45, 7) is 0.765. The van der Waals surface area contributed by atoms with Crippen molar-refractivity contribution < 1.29 is 8.78 Å². The van der Waals surface area contributed by atoms with Gasteiger partial charge in [-0.3, -0.25) is 0 Å². The van der Waals surface area contributed by atoms with Crippen LogP contribution in [0.4, 0.5) is 8.78 Å². The second-order valence-corrected chi connectivity index (χ2v) is 3.52. The standard InChI is InChI=1S/C12H12F2N2/c13-11-2-1-3-12(14)10(11)8-16-7-9-4-5-15-6-9/h1-6,15-16H,7-8H2. The highest BCUT2D eigenvalue weighted by Gasteiger charge is 2.07. The van der Waals surface area contributed by atoms with Gasteiger partial charge in [-0.2, -0.15) is 0 Å². The Morgan fingerprint density at radius 2 is 1.81 bits per heavy atom. The molecule has 0 radical (unpaired) electrons. The van der Waals surface area contributed by atoms with Crippen LogP contribution in [0.2, 0.25) is 0 Å². The van der Waals surface area contributed by atoms with Gasteiger partial charge < -0.3 is 10.3 Å². The molecule has 2 aromatic rings. The lowest BCUT2D eigenvalue weighted by atomic mass is 10.2. The fraction of sp³-hybridized carbons (Fsp3) is 0.167. The molecule has 0 saturated heterocycles. The van der Waals surface area contributed by atoms with Gasteiger partial charge >= 0.3 is 0 Å². The monoisotopic (exact) mass is 222 g/mol. The van der Waals surface area contributed by atoms with E-state index in [-0.39, 0.29) is 12.1 Å². The van der Waals surface area contributed by atoms with E-state index in [0.29, 0.717) is 6.54 Å². The predicted octanol–water partition coefficient (Wildman–Crippen LogP) is 2.58. The Kier molecular flexibility index (Phi) is 3.31. The Bertz CT molecular complexity index is 432. The number of aromatic amines is 1. The lowest BCUT2D eigenvalue weighted by Crippen LogP contribution is -2.14. The van der Waals surface area contributed by atoms with E-state index in [1.807, 2.05) is 12.3 Å². The van der Waals surface area contributed by atoms with Crippen molar-refractivity contribution in [3.8, 4) is 0 Å². The fourth-order valence-corrected chi connectivity index (χ4v) is 1.50. The maximum Gasteiger partial charge on any atom is 0.130 e. The Morgan fingerprint density at radius 1 is 1.06 bits per heavy atom. The van der Waals surface area contributed by atoms with E-state index in [9.17, 15) is 8.78 Å². The molecule has 84 valence electrons. The minimum Gasteiger partial charge on any atom is -0.367 e. The summed E-state index contributed by atoms with van der Waals surface area (Å²) in [5.41, 5.74) is 1.13. The quantitative estimate of drug-likeness (QED) is 0.817. The SMILES string of the molecule is Fc1cccc(F)c1CNCc1cc[nH]c1. The number of nitrogens with one attached hydrogen (secondary N) is 2. The summed E-state index contributed by atoms with van der Waals surface area (Å²) in [7, 11) is 0. The van der Waals surface area contributed by atoms with Gasteiger partial charge in [0.25, 0.3) is 0 Å². The van der Waals surface area contributed by atoms with Gasteiger partial charge in [0.15, 0.2) is 0 Å². The van der Waals surface area contributed by atoms with Crippen molar-refractivity contribution in [2.75, 3.05) is 0 Å². The first-order chi connectivity index (χ1) is 7.77. The Hall–Kier alpha value is -1.68. The Balaban J connectivity index is 1.95. The zero-order chi connectivity index (χ0) is 11.4. The topological polar surface area (TPSA) is 27.8 Å². The molecule has 1 aromatic carbocycles. The van der Waals surface area contributed by atoms with Crippen molar-refractivity contribution in [3.63, 3.8) is 0 Å². The summed E-state index contributed by atoms with van der Waals surface area (Å²) in [6.07, 6.45) is 3.64. The van der Waals surface area contributed by atoms with Crippen LogP contribution in [-0.2, 0) is 13.1 Å². The molecular weight excluding hydrogens is 210 g/mol. The van der Waals surface area contributed by atoms with Gasteiger partial charge in [0.05, 0.1) is 0 Å². The van der Waals surface area contributed by atoms with Crippen LogP contribution in [0.1, 0.15) is 11.1 Å². The van der Waals surface area contributed by atoms with Crippen molar-refractivity contribution in [1.82, 2.24) is 10.3 Å². The number of rotatable bonds is 4. The molecule has 4 heteroatoms. The van der Waals surface area contributed by atoms with Gasteiger partial charge in [-0.05, 0) is 23.8 Å². The van der Waals surface area contributed by atoms with E-state index in [2.05, 4.69) is 10.3 Å². The van der Waals surface area contributed by atoms with E-state index in [1.165, 1.54) is 18.2 Å². The number of hydrogen-bond acceptors (Lipinski definition) is 1. The normalized spacial score (nSPS) is 10.6. The smallest absolute Gasteiger partial charge is 0.130 e. The maximum absolute atomic E-state index is 13.2. The molecule has 1 aromatic heterocycles. The summed E-state index contributed by atoms with van der Waals surface area (Å²) >= 11 is 0. The largest absolute Gasteiger partial charge is 0.367 e. The maximum atomic E-state index is 13.2. The number of hydrogen-bond donors (Lipinski definition) is 2. The van der Waals surface area contributed by atoms with Crippen LogP contribution in [0.25, 0.3) is 0 Å². The van der Waals surface area contributed by atoms with Crippen LogP contribution in [-0.4, -0.2) is 4.98 Å². The third-order valence-electron chi connectivity index (χ3n) is 2.35. The molecule has 2 nitrogen and oxygen atoms in total. The summed E-state index contributed by atoms with van der Waals surface area (Å²) in [5.74, 6) is -1.02. The van der Waals surface area contributed by atoms with Gasteiger partial charge in [0, 0.05) is 31.0 Å². The minimum absolute atomic E-state index is 0.0815. The predicted molar refractivity (Wildman–Crippen MR) is 57.7 cm³/mol. The highest BCUT2D eigenvalue weighted by Crippen LogP contribution is 2.11. The van der Waals surface area contributed by atoms with Crippen LogP contribution in [0.3, 0.4) is 0 Å². The minimum atomic E-state index is -0.512. The molecule has 0 saturated carbocycles. The highest BCUT2D eigenvalue weighted by atomic mass is 19.1. The summed E-state index contributed by atoms with van der Waals surface area (Å²) in [6, 6.07) is 5.79. The highest BCUT2D eigenvalue weighted by molar-refractivity contribution is 5.19. The molecule has 1 heterocycles. The summed E-state index contributed by atoms with van der Waals surface area (Å²) < 4.78 is 26.5. The Morgan fingerprint density at radius 3 is 2.44 bits per heavy atom. The van der Waals surface area contributed by atoms with Crippen molar-refractivity contribution in [3.05, 3.63) is 59.4 Å². The van der Waals surface area contributed by atoms with Crippen LogP contribution in [0, 0.1) is 11.6 Å². The molecule has 0 unspecified atom stereocenters. The lowest BCUT2D eigenvalue weighted by Gasteiger charge is -2.05. The molecular formula is C12H12F2N2. The van der Waals surface area contributed by atoms with Crippen molar-refractivity contribution in [1.29, 1.82) is 0 Å². The lowest BCUT2D eigenvalue weighted by molar-refractivity contribution is 0.535. The van der Waals surface area contributed by atoms with Crippen molar-refractivity contribution in [2.45, 2.75) is 13.1 Å². The molecule has 0 aliphatic rings. The van der Waals surface area contributed by atoms with Crippen LogP contribution in [0.5, 0.6) is 0 Å². The second-order valence-electron chi connectivity index (χ2n) is 3.52. The molecule has 2 N–H and O–H groups in total. The van der Waals surface area contributed by atoms with Gasteiger partial charge in [0.1, 0.15) is 11.6 Å². The van der Waals surface area contributed by atoms with Crippen LogP contribution < -0.4 is 5.32 Å². The molecule has 2 rings (SSSR count). The van der Waals surface area contributed by atoms with Gasteiger partial charge in [-0.15, -0.1) is 0 Å². The molecule has 0 bridgehead atoms. The molecule has 0 aliphatic carbocycles. The average molecular weight is 222 g/mol. The van der Waals surface area contributed by atoms with Crippen LogP contribution in [0.15, 0.2) is 36.7 Å². The van der Waals surface area contributed by atoms with Crippen molar-refractivity contribution in [2.24, 2.45) is 0 Å². The number of benzene rings is 1. The van der Waals surface area contributed by atoms with E-state index in [4.69, 9.17) is 0 Å². The number of aromatic nitrogens is 1. The third kappa shape index (κ3) is 2.46. The summed E-state index contributed by atoms with van der Waals surface area (Å²) in [4.78, 5) is 2.91. The number of halogens is 2. The first-order valence-electron chi connectivity index (χ1n) is 5.02. The van der Waals surface area contributed by atoms with E-state index in [1.54, 1.807) is 6.20 Å². The van der Waals surface area contributed by atoms with Crippen LogP contribution >= 0.6 is 0 Å². The molecule has 0 spiro atoms. The van der Waals surface area contributed by atoms with Gasteiger partial charge in [-0.1, -0.05) is 6.07 Å². The zero-order valence-corrected chi connectivity index (χ0v) is 8.63. The van der Waals surface area contributed by atoms with E-state index in [0.717, 1.165) is 5.56 Å². The molecule has 0 atom stereocenters. The second kappa shape index (κ2) is 4.90. The average Bonchev–Trinajstić information content (AvgIpc) is 2.75. The van der Waals surface area contributed by atoms with Gasteiger partial charge in [0.2, 0.25) is 0 Å². The summed E-state index contributed by atoms with van der Waals surface area (Å²) in [5, 5.41) is 2.99. The first-order valence-corrected chi connectivity index (χ1v) is 5.02. The van der Waals surface area contributed by atoms with Gasteiger partial charge in [-0.25, -0.2) is 8.78 Å². The van der Waals surface area contributed by atoms with E-state index < -0.39 is 11.6 Å².